The van der Waals surface area contributed by atoms with Crippen LogP contribution in [0.3, 0.4) is 0 Å². The van der Waals surface area contributed by atoms with Gasteiger partial charge in [-0.25, -0.2) is 9.98 Å². The van der Waals surface area contributed by atoms with Crippen LogP contribution in [0.4, 0.5) is 0 Å². The molecule has 1 aromatic rings. The summed E-state index contributed by atoms with van der Waals surface area (Å²) in [5.74, 6) is 1.44. The van der Waals surface area contributed by atoms with Crippen LogP contribution in [0.15, 0.2) is 23.3 Å². The third kappa shape index (κ3) is 6.04. The third-order valence-corrected chi connectivity index (χ3v) is 2.12. The van der Waals surface area contributed by atoms with Crippen LogP contribution in [0.5, 0.6) is 5.88 Å². The maximum atomic E-state index is 5.07. The first-order chi connectivity index (χ1) is 8.30. The van der Waals surface area contributed by atoms with E-state index in [9.17, 15) is 0 Å². The van der Waals surface area contributed by atoms with Crippen molar-refractivity contribution in [2.75, 3.05) is 20.2 Å². The van der Waals surface area contributed by atoms with Crippen LogP contribution >= 0.6 is 24.0 Å². The van der Waals surface area contributed by atoms with E-state index in [-0.39, 0.29) is 24.0 Å². The summed E-state index contributed by atoms with van der Waals surface area (Å²) in [7, 11) is 1.61. The van der Waals surface area contributed by atoms with Gasteiger partial charge in [-0.15, -0.1) is 24.0 Å². The number of halogens is 1. The van der Waals surface area contributed by atoms with Crippen LogP contribution in [0, 0.1) is 0 Å². The predicted molar refractivity (Wildman–Crippen MR) is 84.7 cm³/mol. The normalized spacial score (nSPS) is 9.06. The highest BCUT2D eigenvalue weighted by Crippen LogP contribution is 2.09. The maximum Gasteiger partial charge on any atom is 0.213 e. The number of pyridine rings is 1. The summed E-state index contributed by atoms with van der Waals surface area (Å²) >= 11 is 0. The standard InChI is InChI=1S/C12H20N4O.HI/c1-4-13-12(14-5-2)16-9-10-6-7-15-11(8-10)17-3;/h6-8H,4-5,9H2,1-3H3,(H2,13,14,16);1H. The molecule has 5 nitrogen and oxygen atoms in total. The Labute approximate surface area is 125 Å². The van der Waals surface area contributed by atoms with Crippen molar-refractivity contribution < 1.29 is 4.74 Å². The van der Waals surface area contributed by atoms with E-state index in [1.165, 1.54) is 0 Å². The quantitative estimate of drug-likeness (QED) is 0.475. The van der Waals surface area contributed by atoms with Crippen LogP contribution in [0.25, 0.3) is 0 Å². The number of ether oxygens (including phenoxy) is 1. The van der Waals surface area contributed by atoms with Gasteiger partial charge in [0, 0.05) is 25.4 Å². The number of nitrogens with zero attached hydrogens (tertiary/aromatic N) is 2. The molecule has 2 N–H and O–H groups in total. The summed E-state index contributed by atoms with van der Waals surface area (Å²) in [6.45, 7) is 6.40. The van der Waals surface area contributed by atoms with Crippen molar-refractivity contribution in [1.29, 1.82) is 0 Å². The van der Waals surface area contributed by atoms with Crippen LogP contribution in [-0.2, 0) is 6.54 Å². The molecule has 1 rings (SSSR count). The minimum Gasteiger partial charge on any atom is -0.481 e. The van der Waals surface area contributed by atoms with Gasteiger partial charge in [0.05, 0.1) is 13.7 Å². The second-order valence-corrected chi connectivity index (χ2v) is 3.43. The highest BCUT2D eigenvalue weighted by atomic mass is 127. The molecule has 18 heavy (non-hydrogen) atoms. The minimum atomic E-state index is 0. The number of aromatic nitrogens is 1. The monoisotopic (exact) mass is 364 g/mol. The summed E-state index contributed by atoms with van der Waals surface area (Å²) in [5.41, 5.74) is 1.07. The van der Waals surface area contributed by atoms with Crippen LogP contribution in [0.1, 0.15) is 19.4 Å². The Morgan fingerprint density at radius 1 is 1.33 bits per heavy atom. The van der Waals surface area contributed by atoms with Gasteiger partial charge in [-0.1, -0.05) is 0 Å². The molecule has 0 bridgehead atoms. The molecular weight excluding hydrogens is 343 g/mol. The number of methoxy groups -OCH3 is 1. The number of guanidine groups is 1. The maximum absolute atomic E-state index is 5.07. The average Bonchev–Trinajstić information content (AvgIpc) is 2.37. The summed E-state index contributed by atoms with van der Waals surface area (Å²) in [5, 5.41) is 6.35. The Hall–Kier alpha value is -1.05. The molecule has 1 heterocycles. The average molecular weight is 364 g/mol. The van der Waals surface area contributed by atoms with E-state index in [2.05, 4.69) is 20.6 Å². The molecule has 0 atom stereocenters. The Morgan fingerprint density at radius 2 is 2.00 bits per heavy atom. The number of nitrogens with one attached hydrogen (secondary N) is 2. The van der Waals surface area contributed by atoms with Gasteiger partial charge >= 0.3 is 0 Å². The molecule has 0 radical (unpaired) electrons. The summed E-state index contributed by atoms with van der Waals surface area (Å²) in [4.78, 5) is 8.52. The summed E-state index contributed by atoms with van der Waals surface area (Å²) < 4.78 is 5.07. The Balaban J connectivity index is 0.00000289. The Bertz CT molecular complexity index is 363. The minimum absolute atomic E-state index is 0. The fourth-order valence-electron chi connectivity index (χ4n) is 1.34. The lowest BCUT2D eigenvalue weighted by Crippen LogP contribution is -2.36. The predicted octanol–water partition coefficient (Wildman–Crippen LogP) is 1.78. The van der Waals surface area contributed by atoms with Gasteiger partial charge < -0.3 is 15.4 Å². The fraction of sp³-hybridized carbons (Fsp3) is 0.500. The van der Waals surface area contributed by atoms with E-state index in [4.69, 9.17) is 4.74 Å². The second kappa shape index (κ2) is 9.93. The first-order valence-corrected chi connectivity index (χ1v) is 5.81. The van der Waals surface area contributed by atoms with Crippen molar-refractivity contribution in [3.8, 4) is 5.88 Å². The molecule has 102 valence electrons. The molecule has 0 fully saturated rings. The van der Waals surface area contributed by atoms with Crippen molar-refractivity contribution in [2.24, 2.45) is 4.99 Å². The molecule has 1 aromatic heterocycles. The first-order valence-electron chi connectivity index (χ1n) is 5.81. The zero-order valence-corrected chi connectivity index (χ0v) is 13.4. The van der Waals surface area contributed by atoms with Gasteiger partial charge in [0.1, 0.15) is 0 Å². The van der Waals surface area contributed by atoms with Crippen molar-refractivity contribution >= 4 is 29.9 Å². The van der Waals surface area contributed by atoms with Gasteiger partial charge in [0.25, 0.3) is 0 Å². The van der Waals surface area contributed by atoms with E-state index in [0.29, 0.717) is 12.4 Å². The molecule has 0 aromatic carbocycles. The highest BCUT2D eigenvalue weighted by molar-refractivity contribution is 14.0. The number of aliphatic imine (C=N–C) groups is 1. The Kier molecular flexibility index (Phi) is 9.35. The fourth-order valence-corrected chi connectivity index (χ4v) is 1.34. The molecule has 0 aliphatic rings. The zero-order valence-electron chi connectivity index (χ0n) is 11.1. The highest BCUT2D eigenvalue weighted by Gasteiger charge is 1.98. The van der Waals surface area contributed by atoms with E-state index in [1.807, 2.05) is 26.0 Å². The van der Waals surface area contributed by atoms with Crippen molar-refractivity contribution in [2.45, 2.75) is 20.4 Å². The largest absolute Gasteiger partial charge is 0.481 e. The second-order valence-electron chi connectivity index (χ2n) is 3.43. The number of hydrogen-bond acceptors (Lipinski definition) is 3. The lowest BCUT2D eigenvalue weighted by molar-refractivity contribution is 0.397. The van der Waals surface area contributed by atoms with Gasteiger partial charge in [0.2, 0.25) is 5.88 Å². The molecule has 0 unspecified atom stereocenters. The summed E-state index contributed by atoms with van der Waals surface area (Å²) in [6.07, 6.45) is 1.73. The van der Waals surface area contributed by atoms with Gasteiger partial charge in [-0.3, -0.25) is 0 Å². The lowest BCUT2D eigenvalue weighted by atomic mass is 10.3. The van der Waals surface area contributed by atoms with Crippen molar-refractivity contribution in [1.82, 2.24) is 15.6 Å². The molecule has 0 amide bonds. The number of rotatable bonds is 5. The van der Waals surface area contributed by atoms with E-state index in [1.54, 1.807) is 13.3 Å². The first kappa shape index (κ1) is 16.9. The van der Waals surface area contributed by atoms with Crippen LogP contribution in [0.2, 0.25) is 0 Å². The van der Waals surface area contributed by atoms with Gasteiger partial charge in [-0.05, 0) is 25.5 Å². The van der Waals surface area contributed by atoms with Crippen LogP contribution < -0.4 is 15.4 Å². The van der Waals surface area contributed by atoms with E-state index < -0.39 is 0 Å². The molecular formula is C12H21IN4O. The van der Waals surface area contributed by atoms with Crippen molar-refractivity contribution in [3.05, 3.63) is 23.9 Å². The van der Waals surface area contributed by atoms with Crippen molar-refractivity contribution in [3.63, 3.8) is 0 Å². The van der Waals surface area contributed by atoms with Crippen LogP contribution in [-0.4, -0.2) is 31.1 Å². The molecule has 6 heteroatoms. The van der Waals surface area contributed by atoms with E-state index in [0.717, 1.165) is 24.6 Å². The summed E-state index contributed by atoms with van der Waals surface area (Å²) in [6, 6.07) is 3.82. The molecule has 0 saturated heterocycles. The van der Waals surface area contributed by atoms with Gasteiger partial charge in [-0.2, -0.15) is 0 Å². The SMILES string of the molecule is CCNC(=NCc1ccnc(OC)c1)NCC.I. The molecule has 0 aliphatic heterocycles. The number of hydrogen-bond donors (Lipinski definition) is 2. The molecule has 0 saturated carbocycles. The molecule has 0 aliphatic carbocycles. The smallest absolute Gasteiger partial charge is 0.213 e. The third-order valence-electron chi connectivity index (χ3n) is 2.12. The van der Waals surface area contributed by atoms with E-state index >= 15 is 0 Å². The topological polar surface area (TPSA) is 58.5 Å². The lowest BCUT2D eigenvalue weighted by Gasteiger charge is -2.09. The zero-order chi connectivity index (χ0) is 12.5. The Morgan fingerprint density at radius 3 is 2.56 bits per heavy atom. The van der Waals surface area contributed by atoms with Gasteiger partial charge in [0.15, 0.2) is 5.96 Å². The molecule has 0 spiro atoms.